The van der Waals surface area contributed by atoms with Crippen molar-refractivity contribution >= 4 is 18.8 Å². The molecule has 0 spiro atoms. The van der Waals surface area contributed by atoms with E-state index in [2.05, 4.69) is 43.4 Å². The standard InChI is InChI=1S/C14H26OSi2/c1-17(2,15-16)13-9-4-3-6-10-14-11-7-5-8-12-14/h5,7-8,11-12H,3-4,6,9-10,13H2,1-2,16H3. The van der Waals surface area contributed by atoms with E-state index in [4.69, 9.17) is 4.12 Å². The van der Waals surface area contributed by atoms with Crippen LogP contribution in [0.1, 0.15) is 31.2 Å². The summed E-state index contributed by atoms with van der Waals surface area (Å²) in [4.78, 5) is 0. The highest BCUT2D eigenvalue weighted by molar-refractivity contribution is 6.73. The first kappa shape index (κ1) is 14.7. The van der Waals surface area contributed by atoms with Crippen LogP contribution >= 0.6 is 0 Å². The minimum absolute atomic E-state index is 0.912. The Hall–Kier alpha value is -0.386. The molecule has 17 heavy (non-hydrogen) atoms. The molecule has 0 saturated heterocycles. The van der Waals surface area contributed by atoms with Gasteiger partial charge < -0.3 is 4.12 Å². The molecule has 0 atom stereocenters. The number of unbranched alkanes of at least 4 members (excludes halogenated alkanes) is 3. The maximum atomic E-state index is 5.69. The molecule has 1 aromatic rings. The molecule has 0 saturated carbocycles. The van der Waals surface area contributed by atoms with Crippen molar-refractivity contribution in [2.45, 2.75) is 51.2 Å². The second kappa shape index (κ2) is 7.85. The van der Waals surface area contributed by atoms with Gasteiger partial charge in [0.05, 0.1) is 0 Å². The zero-order chi connectivity index (χ0) is 12.6. The molecule has 0 bridgehead atoms. The molecule has 0 heterocycles. The number of aryl methyl sites for hydroxylation is 1. The van der Waals surface area contributed by atoms with E-state index in [0.29, 0.717) is 0 Å². The van der Waals surface area contributed by atoms with Gasteiger partial charge >= 0.3 is 0 Å². The highest BCUT2D eigenvalue weighted by Crippen LogP contribution is 2.16. The highest BCUT2D eigenvalue weighted by Gasteiger charge is 2.18. The monoisotopic (exact) mass is 266 g/mol. The third kappa shape index (κ3) is 6.81. The lowest BCUT2D eigenvalue weighted by molar-refractivity contribution is 0.586. The lowest BCUT2D eigenvalue weighted by atomic mass is 10.1. The summed E-state index contributed by atoms with van der Waals surface area (Å²) in [5.74, 6) is 0. The lowest BCUT2D eigenvalue weighted by Crippen LogP contribution is -2.28. The molecule has 0 unspecified atom stereocenters. The van der Waals surface area contributed by atoms with E-state index in [1.807, 2.05) is 0 Å². The molecule has 0 aliphatic rings. The summed E-state index contributed by atoms with van der Waals surface area (Å²) in [5, 5.41) is 0. The Balaban J connectivity index is 2.02. The van der Waals surface area contributed by atoms with Crippen LogP contribution in [-0.4, -0.2) is 18.8 Å². The molecule has 0 fully saturated rings. The highest BCUT2D eigenvalue weighted by atomic mass is 28.4. The summed E-state index contributed by atoms with van der Waals surface area (Å²) in [6, 6.07) is 12.1. The molecule has 0 radical (unpaired) electrons. The van der Waals surface area contributed by atoms with Crippen LogP contribution in [0.15, 0.2) is 30.3 Å². The molecule has 1 nitrogen and oxygen atoms in total. The van der Waals surface area contributed by atoms with E-state index in [1.165, 1.54) is 43.7 Å². The quantitative estimate of drug-likeness (QED) is 0.518. The summed E-state index contributed by atoms with van der Waals surface area (Å²) >= 11 is 0. The van der Waals surface area contributed by atoms with Crippen molar-refractivity contribution in [3.05, 3.63) is 35.9 Å². The largest absolute Gasteiger partial charge is 0.463 e. The second-order valence-electron chi connectivity index (χ2n) is 5.36. The normalized spacial score (nSPS) is 11.9. The van der Waals surface area contributed by atoms with Gasteiger partial charge in [-0.1, -0.05) is 49.6 Å². The Bertz CT molecular complexity index is 298. The Labute approximate surface area is 110 Å². The van der Waals surface area contributed by atoms with Gasteiger partial charge in [-0.05, 0) is 37.5 Å². The van der Waals surface area contributed by atoms with Crippen LogP contribution in [0.5, 0.6) is 0 Å². The Morgan fingerprint density at radius 2 is 1.65 bits per heavy atom. The van der Waals surface area contributed by atoms with Gasteiger partial charge in [-0.2, -0.15) is 0 Å². The van der Waals surface area contributed by atoms with Crippen LogP contribution in [0.2, 0.25) is 19.1 Å². The van der Waals surface area contributed by atoms with Gasteiger partial charge in [0.1, 0.15) is 10.5 Å². The topological polar surface area (TPSA) is 9.23 Å². The van der Waals surface area contributed by atoms with Gasteiger partial charge in [0.15, 0.2) is 8.32 Å². The van der Waals surface area contributed by atoms with Crippen molar-refractivity contribution in [3.63, 3.8) is 0 Å². The fourth-order valence-electron chi connectivity index (χ4n) is 1.98. The van der Waals surface area contributed by atoms with Crippen molar-refractivity contribution in [3.8, 4) is 0 Å². The molecule has 1 aromatic carbocycles. The maximum absolute atomic E-state index is 5.69. The molecular formula is C14H26OSi2. The number of hydrogen-bond donors (Lipinski definition) is 0. The van der Waals surface area contributed by atoms with Crippen molar-refractivity contribution in [1.29, 1.82) is 0 Å². The Morgan fingerprint density at radius 3 is 2.29 bits per heavy atom. The van der Waals surface area contributed by atoms with Crippen molar-refractivity contribution in [2.24, 2.45) is 0 Å². The Morgan fingerprint density at radius 1 is 1.00 bits per heavy atom. The van der Waals surface area contributed by atoms with Crippen LogP contribution in [-0.2, 0) is 10.5 Å². The predicted molar refractivity (Wildman–Crippen MR) is 81.9 cm³/mol. The second-order valence-corrected chi connectivity index (χ2v) is 11.0. The van der Waals surface area contributed by atoms with Gasteiger partial charge in [0.2, 0.25) is 0 Å². The van der Waals surface area contributed by atoms with Gasteiger partial charge in [-0.25, -0.2) is 0 Å². The Kier molecular flexibility index (Phi) is 6.77. The van der Waals surface area contributed by atoms with E-state index in [-0.39, 0.29) is 0 Å². The van der Waals surface area contributed by atoms with Crippen LogP contribution in [0.25, 0.3) is 0 Å². The van der Waals surface area contributed by atoms with Gasteiger partial charge in [-0.3, -0.25) is 0 Å². The van der Waals surface area contributed by atoms with Gasteiger partial charge in [0, 0.05) is 0 Å². The average molecular weight is 267 g/mol. The van der Waals surface area contributed by atoms with Gasteiger partial charge in [0.25, 0.3) is 0 Å². The van der Waals surface area contributed by atoms with E-state index in [0.717, 1.165) is 10.5 Å². The molecule has 0 amide bonds. The van der Waals surface area contributed by atoms with E-state index < -0.39 is 8.32 Å². The summed E-state index contributed by atoms with van der Waals surface area (Å²) in [6.45, 7) is 4.67. The summed E-state index contributed by atoms with van der Waals surface area (Å²) in [7, 11) is -0.328. The third-order valence-corrected chi connectivity index (χ3v) is 9.37. The van der Waals surface area contributed by atoms with Crippen LogP contribution in [0.3, 0.4) is 0 Å². The average Bonchev–Trinajstić information content (AvgIpc) is 2.35. The molecule has 0 aromatic heterocycles. The van der Waals surface area contributed by atoms with Gasteiger partial charge in [-0.15, -0.1) is 0 Å². The van der Waals surface area contributed by atoms with Crippen LogP contribution in [0, 0.1) is 0 Å². The lowest BCUT2D eigenvalue weighted by Gasteiger charge is -2.20. The van der Waals surface area contributed by atoms with E-state index in [9.17, 15) is 0 Å². The SMILES string of the molecule is C[Si](C)(CCCCCCc1ccccc1)O[SiH3]. The number of benzene rings is 1. The minimum Gasteiger partial charge on any atom is -0.463 e. The fraction of sp³-hybridized carbons (Fsp3) is 0.571. The van der Waals surface area contributed by atoms with Crippen LogP contribution < -0.4 is 0 Å². The van der Waals surface area contributed by atoms with E-state index >= 15 is 0 Å². The molecule has 96 valence electrons. The van der Waals surface area contributed by atoms with Crippen molar-refractivity contribution in [1.82, 2.24) is 0 Å². The summed E-state index contributed by atoms with van der Waals surface area (Å²) in [6.07, 6.45) is 6.65. The molecular weight excluding hydrogens is 240 g/mol. The molecule has 0 aliphatic carbocycles. The molecule has 3 heteroatoms. The number of rotatable bonds is 8. The molecule has 0 N–H and O–H groups in total. The predicted octanol–water partition coefficient (Wildman–Crippen LogP) is 3.29. The summed E-state index contributed by atoms with van der Waals surface area (Å²) in [5.41, 5.74) is 1.48. The minimum atomic E-state index is -1.24. The smallest absolute Gasteiger partial charge is 0.172 e. The maximum Gasteiger partial charge on any atom is 0.172 e. The van der Waals surface area contributed by atoms with Crippen molar-refractivity contribution < 1.29 is 4.12 Å². The number of hydrogen-bond acceptors (Lipinski definition) is 1. The first-order valence-electron chi connectivity index (χ1n) is 6.73. The van der Waals surface area contributed by atoms with Crippen LogP contribution in [0.4, 0.5) is 0 Å². The first-order valence-corrected chi connectivity index (χ1v) is 10.7. The molecule has 1 rings (SSSR count). The first-order chi connectivity index (χ1) is 8.14. The fourth-order valence-corrected chi connectivity index (χ4v) is 3.90. The van der Waals surface area contributed by atoms with Crippen molar-refractivity contribution in [2.75, 3.05) is 0 Å². The zero-order valence-corrected chi connectivity index (χ0v) is 14.5. The zero-order valence-electron chi connectivity index (χ0n) is 11.5. The van der Waals surface area contributed by atoms with E-state index in [1.54, 1.807) is 0 Å². The molecule has 0 aliphatic heterocycles. The third-order valence-electron chi connectivity index (χ3n) is 3.39. The summed E-state index contributed by atoms with van der Waals surface area (Å²) < 4.78 is 5.69.